The van der Waals surface area contributed by atoms with Gasteiger partial charge in [0.1, 0.15) is 4.90 Å². The molecule has 0 aliphatic rings. The van der Waals surface area contributed by atoms with E-state index in [-0.39, 0.29) is 18.0 Å². The van der Waals surface area contributed by atoms with Gasteiger partial charge in [0.05, 0.1) is 6.61 Å². The second-order valence-corrected chi connectivity index (χ2v) is 5.76. The Bertz CT molecular complexity index is 642. The van der Waals surface area contributed by atoms with E-state index in [2.05, 4.69) is 9.71 Å². The van der Waals surface area contributed by atoms with Crippen molar-refractivity contribution in [2.45, 2.75) is 18.0 Å². The third kappa shape index (κ3) is 3.60. The summed E-state index contributed by atoms with van der Waals surface area (Å²) in [6.07, 6.45) is 2.82. The smallest absolute Gasteiger partial charge is 0.242 e. The van der Waals surface area contributed by atoms with Gasteiger partial charge >= 0.3 is 0 Å². The predicted molar refractivity (Wildman–Crippen MR) is 70.6 cm³/mol. The first-order valence-electron chi connectivity index (χ1n) is 5.70. The molecule has 5 nitrogen and oxygen atoms in total. The van der Waals surface area contributed by atoms with E-state index in [0.717, 1.165) is 11.1 Å². The molecule has 0 amide bonds. The average Bonchev–Trinajstić information content (AvgIpc) is 2.46. The predicted octanol–water partition coefficient (Wildman–Crippen LogP) is 1.05. The minimum absolute atomic E-state index is 0.0663. The molecular weight excluding hydrogens is 264 g/mol. The molecule has 0 atom stereocenters. The summed E-state index contributed by atoms with van der Waals surface area (Å²) in [6, 6.07) is 10.2. The maximum Gasteiger partial charge on any atom is 0.242 e. The van der Waals surface area contributed by atoms with Gasteiger partial charge in [-0.3, -0.25) is 4.98 Å². The normalized spacial score (nSPS) is 11.4. The number of benzene rings is 1. The third-order valence-electron chi connectivity index (χ3n) is 2.58. The Hall–Kier alpha value is -1.76. The van der Waals surface area contributed by atoms with Crippen LogP contribution < -0.4 is 4.72 Å². The molecule has 0 spiro atoms. The fourth-order valence-corrected chi connectivity index (χ4v) is 2.59. The van der Waals surface area contributed by atoms with Gasteiger partial charge in [-0.25, -0.2) is 13.1 Å². The van der Waals surface area contributed by atoms with Crippen LogP contribution in [0.15, 0.2) is 53.7 Å². The van der Waals surface area contributed by atoms with Crippen LogP contribution in [0, 0.1) is 0 Å². The number of nitrogens with zero attached hydrogens (tertiary/aromatic N) is 1. The van der Waals surface area contributed by atoms with Gasteiger partial charge in [0.15, 0.2) is 0 Å². The second kappa shape index (κ2) is 5.92. The van der Waals surface area contributed by atoms with Gasteiger partial charge in [-0.15, -0.1) is 0 Å². The first-order valence-corrected chi connectivity index (χ1v) is 7.18. The third-order valence-corrected chi connectivity index (χ3v) is 3.97. The lowest BCUT2D eigenvalue weighted by atomic mass is 10.1. The molecule has 6 heteroatoms. The van der Waals surface area contributed by atoms with Crippen molar-refractivity contribution in [1.82, 2.24) is 9.71 Å². The van der Waals surface area contributed by atoms with Gasteiger partial charge in [-0.1, -0.05) is 24.3 Å². The van der Waals surface area contributed by atoms with Gasteiger partial charge in [-0.05, 0) is 23.3 Å². The number of hydrogen-bond donors (Lipinski definition) is 2. The van der Waals surface area contributed by atoms with Crippen LogP contribution in [0.4, 0.5) is 0 Å². The molecule has 0 aliphatic heterocycles. The molecule has 0 radical (unpaired) electrons. The Morgan fingerprint density at radius 1 is 1.16 bits per heavy atom. The fourth-order valence-electron chi connectivity index (χ4n) is 1.61. The van der Waals surface area contributed by atoms with Crippen molar-refractivity contribution in [1.29, 1.82) is 0 Å². The molecule has 1 aromatic heterocycles. The molecule has 1 aromatic carbocycles. The van der Waals surface area contributed by atoms with E-state index in [9.17, 15) is 8.42 Å². The summed E-state index contributed by atoms with van der Waals surface area (Å²) in [5.41, 5.74) is 1.54. The lowest BCUT2D eigenvalue weighted by molar-refractivity contribution is 0.281. The molecule has 2 rings (SSSR count). The maximum atomic E-state index is 12.0. The van der Waals surface area contributed by atoms with Crippen LogP contribution in [0.25, 0.3) is 0 Å². The van der Waals surface area contributed by atoms with E-state index in [1.807, 2.05) is 0 Å². The van der Waals surface area contributed by atoms with E-state index in [0.29, 0.717) is 0 Å². The van der Waals surface area contributed by atoms with Gasteiger partial charge in [-0.2, -0.15) is 0 Å². The summed E-state index contributed by atoms with van der Waals surface area (Å²) >= 11 is 0. The molecule has 0 bridgehead atoms. The molecule has 0 saturated carbocycles. The number of aromatic nitrogens is 1. The van der Waals surface area contributed by atoms with E-state index in [1.54, 1.807) is 30.3 Å². The Kier molecular flexibility index (Phi) is 4.26. The molecule has 0 fully saturated rings. The quantitative estimate of drug-likeness (QED) is 0.857. The number of pyridine rings is 1. The molecule has 0 unspecified atom stereocenters. The molecule has 19 heavy (non-hydrogen) atoms. The Morgan fingerprint density at radius 3 is 2.63 bits per heavy atom. The van der Waals surface area contributed by atoms with Crippen molar-refractivity contribution in [2.24, 2.45) is 0 Å². The van der Waals surface area contributed by atoms with E-state index < -0.39 is 10.0 Å². The van der Waals surface area contributed by atoms with Crippen LogP contribution in [0.5, 0.6) is 0 Å². The van der Waals surface area contributed by atoms with Crippen LogP contribution in [0.2, 0.25) is 0 Å². The second-order valence-electron chi connectivity index (χ2n) is 3.99. The molecule has 100 valence electrons. The van der Waals surface area contributed by atoms with Crippen LogP contribution in [-0.2, 0) is 23.2 Å². The highest BCUT2D eigenvalue weighted by atomic mass is 32.2. The molecular formula is C13H14N2O3S. The van der Waals surface area contributed by atoms with Crippen molar-refractivity contribution < 1.29 is 13.5 Å². The number of rotatable bonds is 5. The van der Waals surface area contributed by atoms with E-state index in [1.165, 1.54) is 18.5 Å². The zero-order valence-corrected chi connectivity index (χ0v) is 11.0. The molecule has 0 aliphatic carbocycles. The zero-order valence-electron chi connectivity index (χ0n) is 10.2. The summed E-state index contributed by atoms with van der Waals surface area (Å²) in [6.45, 7) is 0.105. The maximum absolute atomic E-state index is 12.0. The minimum atomic E-state index is -3.55. The summed E-state index contributed by atoms with van der Waals surface area (Å²) in [5, 5.41) is 9.02. The highest BCUT2D eigenvalue weighted by Crippen LogP contribution is 2.09. The van der Waals surface area contributed by atoms with Crippen molar-refractivity contribution >= 4 is 10.0 Å². The SMILES string of the molecule is O=S(=O)(NCc1cccc(CO)c1)c1cccnc1. The Balaban J connectivity index is 2.10. The van der Waals surface area contributed by atoms with Gasteiger partial charge in [0, 0.05) is 18.9 Å². The number of aliphatic hydroxyl groups excluding tert-OH is 1. The molecule has 2 aromatic rings. The number of hydrogen-bond acceptors (Lipinski definition) is 4. The van der Waals surface area contributed by atoms with Gasteiger partial charge in [0.2, 0.25) is 10.0 Å². The largest absolute Gasteiger partial charge is 0.392 e. The highest BCUT2D eigenvalue weighted by molar-refractivity contribution is 7.89. The number of sulfonamides is 1. The Morgan fingerprint density at radius 2 is 1.95 bits per heavy atom. The number of nitrogens with one attached hydrogen (secondary N) is 1. The van der Waals surface area contributed by atoms with Gasteiger partial charge < -0.3 is 5.11 Å². The van der Waals surface area contributed by atoms with Gasteiger partial charge in [0.25, 0.3) is 0 Å². The minimum Gasteiger partial charge on any atom is -0.392 e. The average molecular weight is 278 g/mol. The first kappa shape index (κ1) is 13.7. The van der Waals surface area contributed by atoms with Crippen LogP contribution in [-0.4, -0.2) is 18.5 Å². The Labute approximate surface area is 112 Å². The lowest BCUT2D eigenvalue weighted by Gasteiger charge is -2.07. The molecule has 1 heterocycles. The summed E-state index contributed by atoms with van der Waals surface area (Å²) < 4.78 is 26.4. The fraction of sp³-hybridized carbons (Fsp3) is 0.154. The standard InChI is InChI=1S/C13H14N2O3S/c16-10-12-4-1-3-11(7-12)8-15-19(17,18)13-5-2-6-14-9-13/h1-7,9,15-16H,8,10H2. The summed E-state index contributed by atoms with van der Waals surface area (Å²) in [5.74, 6) is 0. The van der Waals surface area contributed by atoms with Crippen LogP contribution in [0.1, 0.15) is 11.1 Å². The summed E-state index contributed by atoms with van der Waals surface area (Å²) in [7, 11) is -3.55. The van der Waals surface area contributed by atoms with Crippen LogP contribution in [0.3, 0.4) is 0 Å². The monoisotopic (exact) mass is 278 g/mol. The molecule has 0 saturated heterocycles. The summed E-state index contributed by atoms with van der Waals surface area (Å²) in [4.78, 5) is 3.91. The van der Waals surface area contributed by atoms with Crippen LogP contribution >= 0.6 is 0 Å². The van der Waals surface area contributed by atoms with Crippen molar-refractivity contribution in [3.05, 3.63) is 59.9 Å². The lowest BCUT2D eigenvalue weighted by Crippen LogP contribution is -2.23. The number of aliphatic hydroxyl groups is 1. The molecule has 2 N–H and O–H groups in total. The zero-order chi connectivity index (χ0) is 13.7. The highest BCUT2D eigenvalue weighted by Gasteiger charge is 2.13. The van der Waals surface area contributed by atoms with E-state index in [4.69, 9.17) is 5.11 Å². The first-order chi connectivity index (χ1) is 9.12. The topological polar surface area (TPSA) is 79.3 Å². The van der Waals surface area contributed by atoms with E-state index >= 15 is 0 Å². The van der Waals surface area contributed by atoms with Crippen molar-refractivity contribution in [3.8, 4) is 0 Å². The van der Waals surface area contributed by atoms with Crippen molar-refractivity contribution in [2.75, 3.05) is 0 Å². The van der Waals surface area contributed by atoms with Crippen molar-refractivity contribution in [3.63, 3.8) is 0 Å².